The molecule has 102 valence electrons. The molecule has 0 bridgehead atoms. The number of rotatable bonds is 4. The van der Waals surface area contributed by atoms with Crippen LogP contribution < -0.4 is 0 Å². The van der Waals surface area contributed by atoms with Gasteiger partial charge in [-0.15, -0.1) is 11.3 Å². The van der Waals surface area contributed by atoms with E-state index in [2.05, 4.69) is 0 Å². The molecule has 1 N–H and O–H groups in total. The van der Waals surface area contributed by atoms with E-state index in [4.69, 9.17) is 9.84 Å². The number of hydrogen-bond acceptors (Lipinski definition) is 5. The van der Waals surface area contributed by atoms with Crippen LogP contribution in [-0.4, -0.2) is 43.6 Å². The molecule has 18 heavy (non-hydrogen) atoms. The highest BCUT2D eigenvalue weighted by atomic mass is 32.2. The Morgan fingerprint density at radius 3 is 2.78 bits per heavy atom. The number of likely N-dealkylation sites (N-methyl/N-ethyl adjacent to an activating group) is 1. The Balaban J connectivity index is 2.24. The van der Waals surface area contributed by atoms with Crippen molar-refractivity contribution in [2.45, 2.75) is 36.3 Å². The molecule has 7 heteroatoms. The third-order valence-corrected chi connectivity index (χ3v) is 6.65. The smallest absolute Gasteiger partial charge is 0.252 e. The lowest BCUT2D eigenvalue weighted by atomic mass is 10.2. The van der Waals surface area contributed by atoms with Crippen molar-refractivity contribution in [1.82, 2.24) is 4.31 Å². The number of hydrogen-bond donors (Lipinski definition) is 1. The van der Waals surface area contributed by atoms with Gasteiger partial charge in [-0.1, -0.05) is 0 Å². The summed E-state index contributed by atoms with van der Waals surface area (Å²) in [6.07, 6.45) is 0.636. The molecule has 1 fully saturated rings. The summed E-state index contributed by atoms with van der Waals surface area (Å²) < 4.78 is 31.8. The zero-order valence-corrected chi connectivity index (χ0v) is 12.0. The van der Waals surface area contributed by atoms with E-state index in [1.807, 2.05) is 6.92 Å². The van der Waals surface area contributed by atoms with Gasteiger partial charge >= 0.3 is 0 Å². The van der Waals surface area contributed by atoms with E-state index in [0.29, 0.717) is 11.5 Å². The highest BCUT2D eigenvalue weighted by molar-refractivity contribution is 7.91. The lowest BCUT2D eigenvalue weighted by molar-refractivity contribution is 0.102. The number of sulfonamides is 1. The van der Waals surface area contributed by atoms with Gasteiger partial charge in [0.2, 0.25) is 0 Å². The van der Waals surface area contributed by atoms with E-state index in [0.717, 1.165) is 17.8 Å². The Kier molecular flexibility index (Phi) is 4.08. The zero-order valence-electron chi connectivity index (χ0n) is 10.4. The Morgan fingerprint density at radius 1 is 1.56 bits per heavy atom. The Labute approximate surface area is 111 Å². The van der Waals surface area contributed by atoms with Crippen LogP contribution in [0.2, 0.25) is 0 Å². The quantitative estimate of drug-likeness (QED) is 0.900. The van der Waals surface area contributed by atoms with Crippen molar-refractivity contribution in [3.8, 4) is 0 Å². The molecule has 0 aromatic carbocycles. The van der Waals surface area contributed by atoms with Crippen molar-refractivity contribution in [1.29, 1.82) is 0 Å². The van der Waals surface area contributed by atoms with Gasteiger partial charge < -0.3 is 9.84 Å². The molecule has 0 aliphatic carbocycles. The van der Waals surface area contributed by atoms with Crippen LogP contribution in [0.4, 0.5) is 0 Å². The van der Waals surface area contributed by atoms with Crippen molar-refractivity contribution < 1.29 is 18.3 Å². The molecule has 1 aromatic heterocycles. The van der Waals surface area contributed by atoms with Gasteiger partial charge in [-0.3, -0.25) is 0 Å². The van der Waals surface area contributed by atoms with Crippen molar-refractivity contribution in [3.05, 3.63) is 17.0 Å². The Hall–Kier alpha value is -0.470. The fraction of sp³-hybridized carbons (Fsp3) is 0.636. The highest BCUT2D eigenvalue weighted by Gasteiger charge is 2.35. The van der Waals surface area contributed by atoms with Crippen LogP contribution in [0.25, 0.3) is 0 Å². The van der Waals surface area contributed by atoms with Gasteiger partial charge in [0.25, 0.3) is 10.0 Å². The summed E-state index contributed by atoms with van der Waals surface area (Å²) >= 11 is 1.11. The molecule has 2 rings (SSSR count). The van der Waals surface area contributed by atoms with E-state index in [1.165, 1.54) is 4.31 Å². The first-order valence-electron chi connectivity index (χ1n) is 5.76. The molecule has 1 aliphatic heterocycles. The second kappa shape index (κ2) is 5.26. The highest BCUT2D eigenvalue weighted by Crippen LogP contribution is 2.28. The van der Waals surface area contributed by atoms with Gasteiger partial charge in [0, 0.05) is 18.5 Å². The molecule has 5 nitrogen and oxygen atoms in total. The number of nitrogens with zero attached hydrogens (tertiary/aromatic N) is 1. The fourth-order valence-electron chi connectivity index (χ4n) is 2.10. The van der Waals surface area contributed by atoms with Gasteiger partial charge in [0.05, 0.1) is 18.8 Å². The second-order valence-electron chi connectivity index (χ2n) is 4.33. The van der Waals surface area contributed by atoms with Crippen LogP contribution in [0, 0.1) is 0 Å². The SMILES string of the molecule is CC1OCCC1N(C)S(=O)(=O)c1ccc(CO)s1. The van der Waals surface area contributed by atoms with Crippen molar-refractivity contribution in [3.63, 3.8) is 0 Å². The predicted molar refractivity (Wildman–Crippen MR) is 69.0 cm³/mol. The lowest BCUT2D eigenvalue weighted by Gasteiger charge is -2.25. The van der Waals surface area contributed by atoms with Crippen LogP contribution in [0.15, 0.2) is 16.3 Å². The number of ether oxygens (including phenoxy) is 1. The summed E-state index contributed by atoms with van der Waals surface area (Å²) in [5, 5.41) is 8.99. The minimum atomic E-state index is -3.48. The average molecular weight is 291 g/mol. The summed E-state index contributed by atoms with van der Waals surface area (Å²) in [6, 6.07) is 3.07. The number of aliphatic hydroxyl groups excluding tert-OH is 1. The van der Waals surface area contributed by atoms with Gasteiger partial charge in [-0.25, -0.2) is 8.42 Å². The maximum Gasteiger partial charge on any atom is 0.252 e. The van der Waals surface area contributed by atoms with Crippen LogP contribution in [0.5, 0.6) is 0 Å². The number of thiophene rings is 1. The van der Waals surface area contributed by atoms with Crippen LogP contribution in [0.1, 0.15) is 18.2 Å². The third-order valence-electron chi connectivity index (χ3n) is 3.23. The molecule has 0 saturated carbocycles. The molecule has 1 saturated heterocycles. The molecular formula is C11H17NO4S2. The monoisotopic (exact) mass is 291 g/mol. The Morgan fingerprint density at radius 2 is 2.28 bits per heavy atom. The average Bonchev–Trinajstić information content (AvgIpc) is 2.96. The van der Waals surface area contributed by atoms with E-state index in [1.54, 1.807) is 19.2 Å². The largest absolute Gasteiger partial charge is 0.391 e. The second-order valence-corrected chi connectivity index (χ2v) is 7.72. The molecular weight excluding hydrogens is 274 g/mol. The van der Waals surface area contributed by atoms with Crippen LogP contribution >= 0.6 is 11.3 Å². The van der Waals surface area contributed by atoms with E-state index in [-0.39, 0.29) is 23.0 Å². The van der Waals surface area contributed by atoms with E-state index < -0.39 is 10.0 Å². The molecule has 2 atom stereocenters. The van der Waals surface area contributed by atoms with Crippen molar-refractivity contribution in [2.24, 2.45) is 0 Å². The first kappa shape index (κ1) is 14.0. The zero-order chi connectivity index (χ0) is 13.3. The van der Waals surface area contributed by atoms with Gasteiger partial charge in [-0.05, 0) is 25.5 Å². The Bertz CT molecular complexity index is 511. The molecule has 1 aliphatic rings. The van der Waals surface area contributed by atoms with Crippen molar-refractivity contribution in [2.75, 3.05) is 13.7 Å². The maximum absolute atomic E-state index is 12.4. The minimum absolute atomic E-state index is 0.0814. The summed E-state index contributed by atoms with van der Waals surface area (Å²) in [6.45, 7) is 2.35. The first-order chi connectivity index (χ1) is 8.46. The molecule has 0 spiro atoms. The first-order valence-corrected chi connectivity index (χ1v) is 8.01. The number of aliphatic hydroxyl groups is 1. The molecule has 1 aromatic rings. The van der Waals surface area contributed by atoms with E-state index in [9.17, 15) is 8.42 Å². The van der Waals surface area contributed by atoms with Gasteiger partial charge in [0.15, 0.2) is 0 Å². The maximum atomic E-state index is 12.4. The normalized spacial score (nSPS) is 24.9. The topological polar surface area (TPSA) is 66.8 Å². The van der Waals surface area contributed by atoms with Gasteiger partial charge in [0.1, 0.15) is 4.21 Å². The molecule has 0 radical (unpaired) electrons. The molecule has 0 amide bonds. The summed E-state index contributed by atoms with van der Waals surface area (Å²) in [7, 11) is -1.90. The van der Waals surface area contributed by atoms with Crippen LogP contribution in [-0.2, 0) is 21.4 Å². The lowest BCUT2D eigenvalue weighted by Crippen LogP contribution is -2.40. The fourth-order valence-corrected chi connectivity index (χ4v) is 4.95. The third kappa shape index (κ3) is 2.46. The van der Waals surface area contributed by atoms with Crippen LogP contribution in [0.3, 0.4) is 0 Å². The van der Waals surface area contributed by atoms with Crippen molar-refractivity contribution >= 4 is 21.4 Å². The minimum Gasteiger partial charge on any atom is -0.391 e. The summed E-state index contributed by atoms with van der Waals surface area (Å²) in [5.41, 5.74) is 0. The van der Waals surface area contributed by atoms with Gasteiger partial charge in [-0.2, -0.15) is 4.31 Å². The predicted octanol–water partition coefficient (Wildman–Crippen LogP) is 1.04. The summed E-state index contributed by atoms with van der Waals surface area (Å²) in [4.78, 5) is 0.651. The van der Waals surface area contributed by atoms with E-state index >= 15 is 0 Å². The summed E-state index contributed by atoms with van der Waals surface area (Å²) in [5.74, 6) is 0. The standard InChI is InChI=1S/C11H17NO4S2/c1-8-10(5-6-16-8)12(2)18(14,15)11-4-3-9(7-13)17-11/h3-4,8,10,13H,5-7H2,1-2H3. The molecule has 2 unspecified atom stereocenters. The molecule has 2 heterocycles.